The number of sulfone groups is 1. The SMILES string of the molecule is CC(C)C[C@H](C(=O)N[C@H]1C(=O)CO[C@H]1C)S(=O)(=O)Cc1ccc(C(C)(C)C)cc1. The minimum atomic E-state index is -3.76. The lowest BCUT2D eigenvalue weighted by molar-refractivity contribution is -0.126. The molecule has 2 rings (SSSR count). The number of amides is 1. The lowest BCUT2D eigenvalue weighted by Crippen LogP contribution is -2.50. The van der Waals surface area contributed by atoms with Gasteiger partial charge in [-0.25, -0.2) is 8.42 Å². The Balaban J connectivity index is 2.21. The number of ketones is 1. The Morgan fingerprint density at radius 2 is 1.79 bits per heavy atom. The summed E-state index contributed by atoms with van der Waals surface area (Å²) in [6, 6.07) is 6.67. The predicted octanol–water partition coefficient (Wildman–Crippen LogP) is 2.79. The van der Waals surface area contributed by atoms with Gasteiger partial charge in [0.05, 0.1) is 11.9 Å². The van der Waals surface area contributed by atoms with E-state index in [1.807, 2.05) is 26.0 Å². The molecule has 0 aliphatic carbocycles. The number of Topliss-reactive ketones (excluding diaryl/α,β-unsaturated/α-hetero) is 1. The molecule has 29 heavy (non-hydrogen) atoms. The number of hydrogen-bond donors (Lipinski definition) is 1. The van der Waals surface area contributed by atoms with E-state index in [1.165, 1.54) is 0 Å². The Hall–Kier alpha value is -1.73. The van der Waals surface area contributed by atoms with E-state index in [1.54, 1.807) is 19.1 Å². The van der Waals surface area contributed by atoms with Crippen LogP contribution in [-0.4, -0.2) is 44.1 Å². The van der Waals surface area contributed by atoms with E-state index in [4.69, 9.17) is 4.74 Å². The largest absolute Gasteiger partial charge is 0.368 e. The summed E-state index contributed by atoms with van der Waals surface area (Å²) in [7, 11) is -3.76. The molecule has 1 N–H and O–H groups in total. The van der Waals surface area contributed by atoms with Crippen LogP contribution >= 0.6 is 0 Å². The Kier molecular flexibility index (Phi) is 7.28. The third-order valence-corrected chi connectivity index (χ3v) is 7.21. The number of benzene rings is 1. The summed E-state index contributed by atoms with van der Waals surface area (Å²) in [5.41, 5.74) is 1.74. The first-order chi connectivity index (χ1) is 13.3. The maximum Gasteiger partial charge on any atom is 0.239 e. The maximum absolute atomic E-state index is 13.1. The molecule has 3 atom stereocenters. The molecule has 1 saturated heterocycles. The van der Waals surface area contributed by atoms with Gasteiger partial charge in [-0.05, 0) is 35.8 Å². The van der Waals surface area contributed by atoms with Crippen molar-refractivity contribution in [3.8, 4) is 0 Å². The van der Waals surface area contributed by atoms with Crippen LogP contribution in [-0.2, 0) is 35.3 Å². The van der Waals surface area contributed by atoms with Gasteiger partial charge in [0.25, 0.3) is 0 Å². The van der Waals surface area contributed by atoms with Crippen LogP contribution in [0.1, 0.15) is 59.1 Å². The molecular weight excluding hydrogens is 390 g/mol. The predicted molar refractivity (Wildman–Crippen MR) is 113 cm³/mol. The summed E-state index contributed by atoms with van der Waals surface area (Å²) < 4.78 is 31.5. The summed E-state index contributed by atoms with van der Waals surface area (Å²) in [5, 5.41) is 1.41. The monoisotopic (exact) mass is 423 g/mol. The molecule has 1 aliphatic heterocycles. The first kappa shape index (κ1) is 23.5. The molecule has 1 heterocycles. The molecule has 1 aliphatic rings. The van der Waals surface area contributed by atoms with Crippen LogP contribution in [0.3, 0.4) is 0 Å². The molecule has 162 valence electrons. The van der Waals surface area contributed by atoms with E-state index in [0.29, 0.717) is 5.56 Å². The van der Waals surface area contributed by atoms with Gasteiger partial charge >= 0.3 is 0 Å². The summed E-state index contributed by atoms with van der Waals surface area (Å²) in [4.78, 5) is 24.8. The third kappa shape index (κ3) is 6.12. The molecule has 0 saturated carbocycles. The molecule has 6 nitrogen and oxygen atoms in total. The van der Waals surface area contributed by atoms with Crippen molar-refractivity contribution in [3.63, 3.8) is 0 Å². The van der Waals surface area contributed by atoms with Gasteiger partial charge in [0.1, 0.15) is 17.9 Å². The minimum Gasteiger partial charge on any atom is -0.368 e. The lowest BCUT2D eigenvalue weighted by Gasteiger charge is -2.23. The van der Waals surface area contributed by atoms with Gasteiger partial charge < -0.3 is 10.1 Å². The summed E-state index contributed by atoms with van der Waals surface area (Å²) >= 11 is 0. The first-order valence-electron chi connectivity index (χ1n) is 10.1. The number of rotatable bonds is 7. The number of hydrogen-bond acceptors (Lipinski definition) is 5. The highest BCUT2D eigenvalue weighted by molar-refractivity contribution is 7.92. The van der Waals surface area contributed by atoms with Crippen molar-refractivity contribution in [3.05, 3.63) is 35.4 Å². The molecule has 1 aromatic carbocycles. The zero-order valence-electron chi connectivity index (χ0n) is 18.2. The van der Waals surface area contributed by atoms with Crippen LogP contribution in [0, 0.1) is 5.92 Å². The summed E-state index contributed by atoms with van der Waals surface area (Å²) in [6.07, 6.45) is -0.261. The van der Waals surface area contributed by atoms with E-state index >= 15 is 0 Å². The van der Waals surface area contributed by atoms with E-state index in [2.05, 4.69) is 26.1 Å². The van der Waals surface area contributed by atoms with Gasteiger partial charge in [-0.1, -0.05) is 58.9 Å². The van der Waals surface area contributed by atoms with Gasteiger partial charge in [0.15, 0.2) is 15.6 Å². The van der Waals surface area contributed by atoms with E-state index in [9.17, 15) is 18.0 Å². The van der Waals surface area contributed by atoms with Crippen LogP contribution < -0.4 is 5.32 Å². The van der Waals surface area contributed by atoms with Crippen LogP contribution in [0.5, 0.6) is 0 Å². The van der Waals surface area contributed by atoms with Crippen LogP contribution in [0.4, 0.5) is 0 Å². The second kappa shape index (κ2) is 8.96. The molecule has 0 unspecified atom stereocenters. The number of carbonyl (C=O) groups excluding carboxylic acids is 2. The Labute approximate surface area is 174 Å². The molecule has 0 bridgehead atoms. The highest BCUT2D eigenvalue weighted by Gasteiger charge is 2.39. The van der Waals surface area contributed by atoms with Crippen molar-refractivity contribution in [2.24, 2.45) is 5.92 Å². The molecule has 0 aromatic heterocycles. The molecule has 0 radical (unpaired) electrons. The van der Waals surface area contributed by atoms with Crippen molar-refractivity contribution < 1.29 is 22.7 Å². The minimum absolute atomic E-state index is 0.0109. The fraction of sp³-hybridized carbons (Fsp3) is 0.636. The van der Waals surface area contributed by atoms with E-state index in [-0.39, 0.29) is 35.9 Å². The van der Waals surface area contributed by atoms with E-state index in [0.717, 1.165) is 5.56 Å². The van der Waals surface area contributed by atoms with Crippen molar-refractivity contribution in [1.29, 1.82) is 0 Å². The molecule has 7 heteroatoms. The van der Waals surface area contributed by atoms with Gasteiger partial charge in [-0.2, -0.15) is 0 Å². The number of carbonyl (C=O) groups is 2. The molecule has 1 aromatic rings. The standard InChI is InChI=1S/C22H33NO5S/c1-14(2)11-19(21(25)23-20-15(3)28-12-18(20)24)29(26,27)13-16-7-9-17(10-8-16)22(4,5)6/h7-10,14-15,19-20H,11-13H2,1-6H3,(H,23,25)/t15-,19+,20+/m0/s1. The highest BCUT2D eigenvalue weighted by Crippen LogP contribution is 2.24. The van der Waals surface area contributed by atoms with Gasteiger partial charge in [-0.15, -0.1) is 0 Å². The number of nitrogens with one attached hydrogen (secondary N) is 1. The fourth-order valence-electron chi connectivity index (χ4n) is 3.38. The molecule has 1 amide bonds. The highest BCUT2D eigenvalue weighted by atomic mass is 32.2. The van der Waals surface area contributed by atoms with E-state index < -0.39 is 33.1 Å². The summed E-state index contributed by atoms with van der Waals surface area (Å²) in [5.74, 6) is -1.06. The van der Waals surface area contributed by atoms with Crippen molar-refractivity contribution >= 4 is 21.5 Å². The lowest BCUT2D eigenvalue weighted by atomic mass is 9.87. The van der Waals surface area contributed by atoms with Crippen LogP contribution in [0.2, 0.25) is 0 Å². The third-order valence-electron chi connectivity index (χ3n) is 5.20. The van der Waals surface area contributed by atoms with Crippen LogP contribution in [0.25, 0.3) is 0 Å². The Bertz CT molecular complexity index is 837. The average molecular weight is 424 g/mol. The number of ether oxygens (including phenoxy) is 1. The van der Waals surface area contributed by atoms with Gasteiger partial charge in [0.2, 0.25) is 5.91 Å². The van der Waals surface area contributed by atoms with Gasteiger partial charge in [0, 0.05) is 0 Å². The topological polar surface area (TPSA) is 89.5 Å². The van der Waals surface area contributed by atoms with Gasteiger partial charge in [-0.3, -0.25) is 9.59 Å². The average Bonchev–Trinajstić information content (AvgIpc) is 2.90. The quantitative estimate of drug-likeness (QED) is 0.728. The molecule has 0 spiro atoms. The Morgan fingerprint density at radius 3 is 2.24 bits per heavy atom. The maximum atomic E-state index is 13.1. The van der Waals surface area contributed by atoms with Crippen molar-refractivity contribution in [2.45, 2.75) is 76.5 Å². The molecule has 1 fully saturated rings. The first-order valence-corrected chi connectivity index (χ1v) is 11.8. The van der Waals surface area contributed by atoms with Crippen LogP contribution in [0.15, 0.2) is 24.3 Å². The normalized spacial score (nSPS) is 21.4. The fourth-order valence-corrected chi connectivity index (χ4v) is 5.31. The smallest absolute Gasteiger partial charge is 0.239 e. The Morgan fingerprint density at radius 1 is 1.21 bits per heavy atom. The second-order valence-corrected chi connectivity index (χ2v) is 11.5. The molecular formula is C22H33NO5S. The zero-order valence-corrected chi connectivity index (χ0v) is 19.0. The summed E-state index contributed by atoms with van der Waals surface area (Å²) in [6.45, 7) is 11.7. The van der Waals surface area contributed by atoms with Crippen molar-refractivity contribution in [2.75, 3.05) is 6.61 Å². The van der Waals surface area contributed by atoms with Crippen molar-refractivity contribution in [1.82, 2.24) is 5.32 Å². The zero-order chi connectivity index (χ0) is 22.0. The second-order valence-electron chi connectivity index (χ2n) is 9.34.